The highest BCUT2D eigenvalue weighted by Gasteiger charge is 2.30. The van der Waals surface area contributed by atoms with Crippen LogP contribution in [0.25, 0.3) is 0 Å². The maximum absolute atomic E-state index is 12.8. The van der Waals surface area contributed by atoms with Gasteiger partial charge in [0.2, 0.25) is 0 Å². The van der Waals surface area contributed by atoms with E-state index in [9.17, 15) is 22.8 Å². The molecule has 0 bridgehead atoms. The van der Waals surface area contributed by atoms with Crippen molar-refractivity contribution in [3.05, 3.63) is 77.6 Å². The number of nitrogens with one attached hydrogen (secondary N) is 3. The molecule has 0 aliphatic carbocycles. The summed E-state index contributed by atoms with van der Waals surface area (Å²) >= 11 is 0. The van der Waals surface area contributed by atoms with E-state index in [-0.39, 0.29) is 16.9 Å². The van der Waals surface area contributed by atoms with Gasteiger partial charge in [0.05, 0.1) is 5.56 Å². The van der Waals surface area contributed by atoms with Crippen LogP contribution >= 0.6 is 0 Å². The maximum atomic E-state index is 12.8. The van der Waals surface area contributed by atoms with Crippen LogP contribution in [0.4, 0.5) is 24.5 Å². The van der Waals surface area contributed by atoms with E-state index in [2.05, 4.69) is 20.8 Å². The molecule has 0 saturated carbocycles. The highest BCUT2D eigenvalue weighted by Crippen LogP contribution is 2.30. The van der Waals surface area contributed by atoms with E-state index in [0.717, 1.165) is 12.1 Å². The Hall–Kier alpha value is -3.62. The number of aromatic nitrogens is 2. The summed E-state index contributed by atoms with van der Waals surface area (Å²) in [6.45, 7) is 0. The minimum absolute atomic E-state index is 0.0155. The number of hydrogen-bond acceptors (Lipinski definition) is 3. The van der Waals surface area contributed by atoms with Gasteiger partial charge in [0.25, 0.3) is 11.8 Å². The molecule has 3 rings (SSSR count). The van der Waals surface area contributed by atoms with Crippen molar-refractivity contribution in [3.63, 3.8) is 0 Å². The van der Waals surface area contributed by atoms with Crippen LogP contribution in [0, 0.1) is 0 Å². The minimum atomic E-state index is -4.50. The van der Waals surface area contributed by atoms with E-state index in [1.807, 2.05) is 0 Å². The Bertz CT molecular complexity index is 969. The zero-order valence-corrected chi connectivity index (χ0v) is 13.7. The predicted molar refractivity (Wildman–Crippen MR) is 92.4 cm³/mol. The van der Waals surface area contributed by atoms with E-state index < -0.39 is 23.6 Å². The first kappa shape index (κ1) is 18.2. The number of nitrogens with zero attached hydrogens (tertiary/aromatic N) is 1. The number of carbonyl (C=O) groups excluding carboxylic acids is 2. The number of rotatable bonds is 4. The fraction of sp³-hybridized carbons (Fsp3) is 0.0556. The number of benzene rings is 2. The number of halogens is 3. The van der Waals surface area contributed by atoms with Gasteiger partial charge >= 0.3 is 6.18 Å². The summed E-state index contributed by atoms with van der Waals surface area (Å²) in [5.41, 5.74) is -0.0717. The van der Waals surface area contributed by atoms with E-state index in [1.165, 1.54) is 36.5 Å². The third-order valence-corrected chi connectivity index (χ3v) is 3.58. The van der Waals surface area contributed by atoms with Crippen molar-refractivity contribution in [2.75, 3.05) is 10.6 Å². The molecule has 1 aromatic heterocycles. The summed E-state index contributed by atoms with van der Waals surface area (Å²) in [6, 6.07) is 11.8. The molecule has 6 nitrogen and oxygen atoms in total. The lowest BCUT2D eigenvalue weighted by Crippen LogP contribution is -2.15. The average Bonchev–Trinajstić information content (AvgIpc) is 3.16. The third-order valence-electron chi connectivity index (χ3n) is 3.58. The summed E-state index contributed by atoms with van der Waals surface area (Å²) in [5.74, 6) is -1.05. The number of alkyl halides is 3. The van der Waals surface area contributed by atoms with Crippen LogP contribution in [0.5, 0.6) is 0 Å². The van der Waals surface area contributed by atoms with Gasteiger partial charge < -0.3 is 10.6 Å². The van der Waals surface area contributed by atoms with Crippen molar-refractivity contribution in [2.24, 2.45) is 0 Å². The van der Waals surface area contributed by atoms with E-state index in [1.54, 1.807) is 12.1 Å². The molecule has 2 aromatic carbocycles. The first-order valence-electron chi connectivity index (χ1n) is 7.72. The SMILES string of the molecule is O=C(Nc1cccc(C(F)(F)F)c1)c1cccc(NC(=O)c2ccn[nH]2)c1. The van der Waals surface area contributed by atoms with E-state index in [0.29, 0.717) is 5.69 Å². The molecule has 138 valence electrons. The highest BCUT2D eigenvalue weighted by molar-refractivity contribution is 6.06. The first-order valence-corrected chi connectivity index (χ1v) is 7.72. The summed E-state index contributed by atoms with van der Waals surface area (Å²) in [4.78, 5) is 24.3. The monoisotopic (exact) mass is 374 g/mol. The second-order valence-corrected chi connectivity index (χ2v) is 5.54. The van der Waals surface area contributed by atoms with Crippen molar-refractivity contribution in [3.8, 4) is 0 Å². The molecule has 0 unspecified atom stereocenters. The molecule has 3 aromatic rings. The Kier molecular flexibility index (Phi) is 4.93. The largest absolute Gasteiger partial charge is 0.416 e. The molecule has 2 amide bonds. The molecule has 1 heterocycles. The van der Waals surface area contributed by atoms with Gasteiger partial charge in [-0.3, -0.25) is 14.7 Å². The molecular weight excluding hydrogens is 361 g/mol. The summed E-state index contributed by atoms with van der Waals surface area (Å²) in [7, 11) is 0. The number of anilines is 2. The van der Waals surface area contributed by atoms with Crippen molar-refractivity contribution in [1.29, 1.82) is 0 Å². The summed E-state index contributed by atoms with van der Waals surface area (Å²) < 4.78 is 38.3. The Morgan fingerprint density at radius 3 is 2.22 bits per heavy atom. The van der Waals surface area contributed by atoms with Crippen molar-refractivity contribution >= 4 is 23.2 Å². The third kappa shape index (κ3) is 4.51. The molecule has 0 radical (unpaired) electrons. The first-order chi connectivity index (χ1) is 12.8. The van der Waals surface area contributed by atoms with Gasteiger partial charge in [-0.05, 0) is 42.5 Å². The fourth-order valence-electron chi connectivity index (χ4n) is 2.30. The van der Waals surface area contributed by atoms with Crippen molar-refractivity contribution in [1.82, 2.24) is 10.2 Å². The van der Waals surface area contributed by atoms with Crippen LogP contribution in [0.1, 0.15) is 26.4 Å². The minimum Gasteiger partial charge on any atom is -0.322 e. The van der Waals surface area contributed by atoms with Crippen LogP contribution in [0.3, 0.4) is 0 Å². The number of H-pyrrole nitrogens is 1. The molecule has 0 saturated heterocycles. The van der Waals surface area contributed by atoms with Gasteiger partial charge in [-0.15, -0.1) is 0 Å². The number of aromatic amines is 1. The van der Waals surface area contributed by atoms with Gasteiger partial charge in [0.1, 0.15) is 5.69 Å². The Morgan fingerprint density at radius 2 is 1.56 bits per heavy atom. The summed E-state index contributed by atoms with van der Waals surface area (Å²) in [6.07, 6.45) is -3.08. The van der Waals surface area contributed by atoms with E-state index in [4.69, 9.17) is 0 Å². The topological polar surface area (TPSA) is 86.9 Å². The molecule has 0 fully saturated rings. The number of amides is 2. The van der Waals surface area contributed by atoms with Crippen LogP contribution < -0.4 is 10.6 Å². The van der Waals surface area contributed by atoms with Gasteiger partial charge in [-0.1, -0.05) is 12.1 Å². The zero-order chi connectivity index (χ0) is 19.4. The lowest BCUT2D eigenvalue weighted by molar-refractivity contribution is -0.137. The van der Waals surface area contributed by atoms with Crippen LogP contribution in [-0.4, -0.2) is 22.0 Å². The highest BCUT2D eigenvalue weighted by atomic mass is 19.4. The lowest BCUT2D eigenvalue weighted by atomic mass is 10.1. The smallest absolute Gasteiger partial charge is 0.322 e. The van der Waals surface area contributed by atoms with Gasteiger partial charge in [0, 0.05) is 23.1 Å². The quantitative estimate of drug-likeness (QED) is 0.647. The molecule has 27 heavy (non-hydrogen) atoms. The van der Waals surface area contributed by atoms with Gasteiger partial charge in [-0.25, -0.2) is 0 Å². The van der Waals surface area contributed by atoms with Gasteiger partial charge in [-0.2, -0.15) is 18.3 Å². The summed E-state index contributed by atoms with van der Waals surface area (Å²) in [5, 5.41) is 11.2. The van der Waals surface area contributed by atoms with Gasteiger partial charge in [0.15, 0.2) is 0 Å². The Labute approximate surface area is 151 Å². The van der Waals surface area contributed by atoms with Crippen molar-refractivity contribution in [2.45, 2.75) is 6.18 Å². The second-order valence-electron chi connectivity index (χ2n) is 5.54. The van der Waals surface area contributed by atoms with Crippen LogP contribution in [0.2, 0.25) is 0 Å². The molecule has 3 N–H and O–H groups in total. The Balaban J connectivity index is 1.73. The molecule has 0 aliphatic rings. The van der Waals surface area contributed by atoms with E-state index >= 15 is 0 Å². The number of carbonyl (C=O) groups is 2. The lowest BCUT2D eigenvalue weighted by Gasteiger charge is -2.10. The van der Waals surface area contributed by atoms with Crippen LogP contribution in [0.15, 0.2) is 60.8 Å². The fourth-order valence-corrected chi connectivity index (χ4v) is 2.30. The average molecular weight is 374 g/mol. The van der Waals surface area contributed by atoms with Crippen LogP contribution in [-0.2, 0) is 6.18 Å². The Morgan fingerprint density at radius 1 is 0.889 bits per heavy atom. The second kappa shape index (κ2) is 7.32. The molecule has 9 heteroatoms. The molecule has 0 aliphatic heterocycles. The molecule has 0 atom stereocenters. The molecule has 0 spiro atoms. The van der Waals surface area contributed by atoms with Crippen molar-refractivity contribution < 1.29 is 22.8 Å². The maximum Gasteiger partial charge on any atom is 0.416 e. The standard InChI is InChI=1S/C18H13F3N4O2/c19-18(20,21)12-4-2-6-14(10-12)23-16(26)11-3-1-5-13(9-11)24-17(27)15-7-8-22-25-15/h1-10H,(H,22,25)(H,23,26)(H,24,27). The zero-order valence-electron chi connectivity index (χ0n) is 13.7. The number of hydrogen-bond donors (Lipinski definition) is 3. The molecular formula is C18H13F3N4O2. The predicted octanol–water partition coefficient (Wildman–Crippen LogP) is 3.93. The normalized spacial score (nSPS) is 11.1.